The number of benzene rings is 1. The highest BCUT2D eigenvalue weighted by Crippen LogP contribution is 2.36. The quantitative estimate of drug-likeness (QED) is 0.851. The molecule has 1 aliphatic heterocycles. The van der Waals surface area contributed by atoms with Crippen molar-refractivity contribution >= 4 is 12.0 Å². The van der Waals surface area contributed by atoms with Crippen molar-refractivity contribution < 1.29 is 9.53 Å². The Morgan fingerprint density at radius 2 is 1.76 bits per heavy atom. The molecule has 0 aromatic heterocycles. The Kier molecular flexibility index (Phi) is 3.21. The van der Waals surface area contributed by atoms with E-state index < -0.39 is 0 Å². The molecule has 0 saturated heterocycles. The monoisotopic (exact) mass is 283 g/mol. The molecule has 21 heavy (non-hydrogen) atoms. The van der Waals surface area contributed by atoms with Gasteiger partial charge >= 0.3 is 0 Å². The Morgan fingerprint density at radius 3 is 2.52 bits per heavy atom. The molecule has 3 heteroatoms. The van der Waals surface area contributed by atoms with Crippen LogP contribution < -0.4 is 4.74 Å². The van der Waals surface area contributed by atoms with Crippen LogP contribution in [-0.4, -0.2) is 29.5 Å². The second-order valence-electron chi connectivity index (χ2n) is 6.38. The van der Waals surface area contributed by atoms with E-state index in [9.17, 15) is 4.79 Å². The lowest BCUT2D eigenvalue weighted by Gasteiger charge is -2.31. The van der Waals surface area contributed by atoms with Crippen LogP contribution in [-0.2, 0) is 4.79 Å². The molecular formula is C18H21NO2. The molecule has 2 aliphatic carbocycles. The van der Waals surface area contributed by atoms with E-state index in [0.717, 1.165) is 16.9 Å². The van der Waals surface area contributed by atoms with Crippen molar-refractivity contribution in [1.29, 1.82) is 0 Å². The Morgan fingerprint density at radius 1 is 1.05 bits per heavy atom. The van der Waals surface area contributed by atoms with Crippen LogP contribution >= 0.6 is 0 Å². The molecule has 1 aromatic rings. The summed E-state index contributed by atoms with van der Waals surface area (Å²) in [4.78, 5) is 15.1. The van der Waals surface area contributed by atoms with Crippen LogP contribution in [0.1, 0.15) is 44.1 Å². The van der Waals surface area contributed by atoms with Crippen molar-refractivity contribution in [3.05, 3.63) is 35.4 Å². The number of carbonyl (C=O) groups excluding carboxylic acids is 1. The fourth-order valence-electron chi connectivity index (χ4n) is 3.57. The molecule has 1 amide bonds. The van der Waals surface area contributed by atoms with E-state index >= 15 is 0 Å². The molecule has 2 saturated carbocycles. The first kappa shape index (κ1) is 12.9. The molecular weight excluding hydrogens is 262 g/mol. The molecule has 1 heterocycles. The standard InChI is InChI=1S/C18H21NO2/c20-18(19(16-9-10-16)15-6-2-3-7-15)14-11-13-5-1-4-8-17(13)21-12-14/h1,4-5,8,11,15-16H,2-3,6-7,9-10,12H2. The number of nitrogens with zero attached hydrogens (tertiary/aromatic N) is 1. The summed E-state index contributed by atoms with van der Waals surface area (Å²) < 4.78 is 5.75. The van der Waals surface area contributed by atoms with Crippen molar-refractivity contribution in [2.45, 2.75) is 50.6 Å². The minimum Gasteiger partial charge on any atom is -0.488 e. The first-order chi connectivity index (χ1) is 10.3. The maximum Gasteiger partial charge on any atom is 0.253 e. The van der Waals surface area contributed by atoms with Gasteiger partial charge in [-0.1, -0.05) is 31.0 Å². The van der Waals surface area contributed by atoms with Crippen molar-refractivity contribution in [3.8, 4) is 5.75 Å². The van der Waals surface area contributed by atoms with Crippen LogP contribution in [0.25, 0.3) is 6.08 Å². The Bertz CT molecular complexity index is 583. The number of amides is 1. The van der Waals surface area contributed by atoms with Crippen molar-refractivity contribution in [2.24, 2.45) is 0 Å². The summed E-state index contributed by atoms with van der Waals surface area (Å²) >= 11 is 0. The summed E-state index contributed by atoms with van der Waals surface area (Å²) in [5.41, 5.74) is 1.83. The van der Waals surface area contributed by atoms with Crippen LogP contribution in [0.15, 0.2) is 29.8 Å². The van der Waals surface area contributed by atoms with Crippen LogP contribution in [0.2, 0.25) is 0 Å². The summed E-state index contributed by atoms with van der Waals surface area (Å²) in [6.45, 7) is 0.409. The second-order valence-corrected chi connectivity index (χ2v) is 6.38. The smallest absolute Gasteiger partial charge is 0.253 e. The summed E-state index contributed by atoms with van der Waals surface area (Å²) in [7, 11) is 0. The molecule has 0 radical (unpaired) electrons. The molecule has 0 atom stereocenters. The van der Waals surface area contributed by atoms with Gasteiger partial charge in [-0.05, 0) is 37.8 Å². The van der Waals surface area contributed by atoms with E-state index in [1.54, 1.807) is 0 Å². The van der Waals surface area contributed by atoms with Gasteiger partial charge in [0.15, 0.2) is 0 Å². The van der Waals surface area contributed by atoms with Crippen LogP contribution in [0, 0.1) is 0 Å². The topological polar surface area (TPSA) is 29.5 Å². The number of para-hydroxylation sites is 1. The summed E-state index contributed by atoms with van der Waals surface area (Å²) in [5, 5.41) is 0. The molecule has 0 bridgehead atoms. The fraction of sp³-hybridized carbons (Fsp3) is 0.500. The van der Waals surface area contributed by atoms with Gasteiger partial charge in [0.05, 0.1) is 5.57 Å². The van der Waals surface area contributed by atoms with Crippen LogP contribution in [0.5, 0.6) is 5.75 Å². The highest BCUT2D eigenvalue weighted by Gasteiger charge is 2.39. The zero-order valence-corrected chi connectivity index (χ0v) is 12.3. The number of hydrogen-bond donors (Lipinski definition) is 0. The van der Waals surface area contributed by atoms with E-state index in [0.29, 0.717) is 18.7 Å². The van der Waals surface area contributed by atoms with Gasteiger partial charge in [-0.15, -0.1) is 0 Å². The molecule has 4 rings (SSSR count). The SMILES string of the molecule is O=C(C1=Cc2ccccc2OC1)N(C1CCCC1)C1CC1. The lowest BCUT2D eigenvalue weighted by Crippen LogP contribution is -2.42. The average Bonchev–Trinajstić information content (AvgIpc) is 3.21. The van der Waals surface area contributed by atoms with Crippen molar-refractivity contribution in [3.63, 3.8) is 0 Å². The number of ether oxygens (including phenoxy) is 1. The number of hydrogen-bond acceptors (Lipinski definition) is 2. The molecule has 1 aromatic carbocycles. The molecule has 0 N–H and O–H groups in total. The zero-order chi connectivity index (χ0) is 14.2. The van der Waals surface area contributed by atoms with Crippen molar-refractivity contribution in [1.82, 2.24) is 4.90 Å². The molecule has 110 valence electrons. The third-order valence-corrected chi connectivity index (χ3v) is 4.80. The van der Waals surface area contributed by atoms with Crippen LogP contribution in [0.4, 0.5) is 0 Å². The fourth-order valence-corrected chi connectivity index (χ4v) is 3.57. The number of carbonyl (C=O) groups is 1. The van der Waals surface area contributed by atoms with Gasteiger partial charge in [-0.25, -0.2) is 0 Å². The van der Waals surface area contributed by atoms with Gasteiger partial charge in [0.2, 0.25) is 0 Å². The predicted octanol–water partition coefficient (Wildman–Crippen LogP) is 3.40. The third kappa shape index (κ3) is 2.45. The van der Waals surface area contributed by atoms with E-state index in [2.05, 4.69) is 4.90 Å². The normalized spacial score (nSPS) is 21.4. The minimum atomic E-state index is 0.207. The summed E-state index contributed by atoms with van der Waals surface area (Å²) in [6, 6.07) is 8.87. The molecule has 3 nitrogen and oxygen atoms in total. The largest absolute Gasteiger partial charge is 0.488 e. The van der Waals surface area contributed by atoms with Gasteiger partial charge in [-0.2, -0.15) is 0 Å². The highest BCUT2D eigenvalue weighted by molar-refractivity contribution is 5.99. The second kappa shape index (κ2) is 5.21. The number of rotatable bonds is 3. The predicted molar refractivity (Wildman–Crippen MR) is 82.0 cm³/mol. The molecule has 0 spiro atoms. The van der Waals surface area contributed by atoms with E-state index in [1.807, 2.05) is 30.3 Å². The average molecular weight is 283 g/mol. The molecule has 3 aliphatic rings. The summed E-state index contributed by atoms with van der Waals surface area (Å²) in [5.74, 6) is 1.09. The highest BCUT2D eigenvalue weighted by atomic mass is 16.5. The van der Waals surface area contributed by atoms with E-state index in [1.165, 1.54) is 38.5 Å². The van der Waals surface area contributed by atoms with E-state index in [-0.39, 0.29) is 5.91 Å². The summed E-state index contributed by atoms with van der Waals surface area (Å²) in [6.07, 6.45) is 9.24. The first-order valence-corrected chi connectivity index (χ1v) is 8.08. The van der Waals surface area contributed by atoms with Gasteiger partial charge in [0, 0.05) is 17.6 Å². The molecule has 0 unspecified atom stereocenters. The molecule has 2 fully saturated rings. The Balaban J connectivity index is 1.60. The van der Waals surface area contributed by atoms with Crippen molar-refractivity contribution in [2.75, 3.05) is 6.61 Å². The maximum atomic E-state index is 13.0. The lowest BCUT2D eigenvalue weighted by atomic mass is 10.1. The lowest BCUT2D eigenvalue weighted by molar-refractivity contribution is -0.130. The van der Waals surface area contributed by atoms with Gasteiger partial charge in [0.1, 0.15) is 12.4 Å². The minimum absolute atomic E-state index is 0.207. The Hall–Kier alpha value is -1.77. The van der Waals surface area contributed by atoms with Gasteiger partial charge < -0.3 is 9.64 Å². The first-order valence-electron chi connectivity index (χ1n) is 8.08. The van der Waals surface area contributed by atoms with Gasteiger partial charge in [-0.3, -0.25) is 4.79 Å². The maximum absolute atomic E-state index is 13.0. The van der Waals surface area contributed by atoms with Gasteiger partial charge in [0.25, 0.3) is 5.91 Å². The number of fused-ring (bicyclic) bond motifs is 1. The third-order valence-electron chi connectivity index (χ3n) is 4.80. The Labute approximate surface area is 125 Å². The van der Waals surface area contributed by atoms with Crippen LogP contribution in [0.3, 0.4) is 0 Å². The van der Waals surface area contributed by atoms with E-state index in [4.69, 9.17) is 4.74 Å². The zero-order valence-electron chi connectivity index (χ0n) is 12.3.